The quantitative estimate of drug-likeness (QED) is 0.674. The Morgan fingerprint density at radius 1 is 1.06 bits per heavy atom. The largest absolute Gasteiger partial charge is 0.381 e. The van der Waals surface area contributed by atoms with E-state index in [1.54, 1.807) is 6.92 Å². The van der Waals surface area contributed by atoms with Crippen LogP contribution in [0, 0.1) is 53.8 Å². The van der Waals surface area contributed by atoms with Crippen molar-refractivity contribution in [1.29, 1.82) is 0 Å². The fourth-order valence-corrected chi connectivity index (χ4v) is 1.64. The van der Waals surface area contributed by atoms with E-state index in [0.29, 0.717) is 0 Å². The standard InChI is InChI=1S/C9H4.C8H16O/c1-3-5-7-9-8-6-4-2;1-2-3-8-4-6-9-7-5-8/h1H,2H3;8H,2-7H2,1H3. The summed E-state index contributed by atoms with van der Waals surface area (Å²) in [6.45, 7) is 5.98. The first kappa shape index (κ1) is 16.2. The molecule has 0 aromatic heterocycles. The fourth-order valence-electron chi connectivity index (χ4n) is 1.64. The van der Waals surface area contributed by atoms with E-state index >= 15 is 0 Å². The predicted molar refractivity (Wildman–Crippen MR) is 76.3 cm³/mol. The van der Waals surface area contributed by atoms with Crippen LogP contribution in [0.25, 0.3) is 0 Å². The lowest BCUT2D eigenvalue weighted by atomic mass is 9.95. The van der Waals surface area contributed by atoms with Crippen molar-refractivity contribution in [3.8, 4) is 47.9 Å². The summed E-state index contributed by atoms with van der Waals surface area (Å²) < 4.78 is 5.25. The second-order valence-electron chi connectivity index (χ2n) is 3.86. The maximum absolute atomic E-state index is 5.25. The van der Waals surface area contributed by atoms with Crippen molar-refractivity contribution < 1.29 is 4.74 Å². The van der Waals surface area contributed by atoms with Gasteiger partial charge in [0.05, 0.1) is 0 Å². The molecule has 0 amide bonds. The third kappa shape index (κ3) is 10.7. The maximum atomic E-state index is 5.25. The molecule has 0 aromatic carbocycles. The van der Waals surface area contributed by atoms with E-state index < -0.39 is 0 Å². The molecule has 0 unspecified atom stereocenters. The van der Waals surface area contributed by atoms with Gasteiger partial charge in [0.2, 0.25) is 0 Å². The van der Waals surface area contributed by atoms with Crippen LogP contribution in [0.15, 0.2) is 0 Å². The summed E-state index contributed by atoms with van der Waals surface area (Å²) in [4.78, 5) is 0. The van der Waals surface area contributed by atoms with Gasteiger partial charge in [0.15, 0.2) is 0 Å². The molecule has 18 heavy (non-hydrogen) atoms. The molecular weight excluding hydrogens is 220 g/mol. The van der Waals surface area contributed by atoms with Crippen LogP contribution in [0.3, 0.4) is 0 Å². The van der Waals surface area contributed by atoms with Crippen molar-refractivity contribution in [1.82, 2.24) is 0 Å². The molecule has 0 spiro atoms. The van der Waals surface area contributed by atoms with Crippen LogP contribution >= 0.6 is 0 Å². The van der Waals surface area contributed by atoms with Gasteiger partial charge >= 0.3 is 0 Å². The minimum Gasteiger partial charge on any atom is -0.381 e. The minimum absolute atomic E-state index is 0.976. The molecule has 1 nitrogen and oxygen atoms in total. The molecule has 1 fully saturated rings. The molecular formula is C17H20O. The van der Waals surface area contributed by atoms with Crippen molar-refractivity contribution in [3.05, 3.63) is 0 Å². The molecule has 0 bridgehead atoms. The van der Waals surface area contributed by atoms with Crippen molar-refractivity contribution in [2.24, 2.45) is 5.92 Å². The third-order valence-corrected chi connectivity index (χ3v) is 2.48. The molecule has 0 aromatic rings. The highest BCUT2D eigenvalue weighted by Gasteiger charge is 2.11. The number of hydrogen-bond donors (Lipinski definition) is 0. The van der Waals surface area contributed by atoms with Crippen LogP contribution in [0.5, 0.6) is 0 Å². The minimum atomic E-state index is 0.976. The van der Waals surface area contributed by atoms with E-state index in [0.717, 1.165) is 19.1 Å². The van der Waals surface area contributed by atoms with Crippen molar-refractivity contribution >= 4 is 0 Å². The first-order valence-corrected chi connectivity index (χ1v) is 6.30. The lowest BCUT2D eigenvalue weighted by molar-refractivity contribution is 0.0637. The topological polar surface area (TPSA) is 9.23 Å². The number of terminal acetylenes is 1. The van der Waals surface area contributed by atoms with E-state index in [-0.39, 0.29) is 0 Å². The van der Waals surface area contributed by atoms with E-state index in [2.05, 4.69) is 48.4 Å². The second kappa shape index (κ2) is 13.3. The van der Waals surface area contributed by atoms with Crippen LogP contribution in [-0.2, 0) is 4.74 Å². The highest BCUT2D eigenvalue weighted by atomic mass is 16.5. The van der Waals surface area contributed by atoms with Gasteiger partial charge in [-0.25, -0.2) is 0 Å². The molecule has 0 saturated carbocycles. The van der Waals surface area contributed by atoms with Crippen molar-refractivity contribution in [2.45, 2.75) is 39.5 Å². The van der Waals surface area contributed by atoms with Crippen molar-refractivity contribution in [3.63, 3.8) is 0 Å². The zero-order valence-electron chi connectivity index (χ0n) is 11.3. The molecule has 1 aliphatic heterocycles. The van der Waals surface area contributed by atoms with E-state index in [4.69, 9.17) is 11.2 Å². The third-order valence-electron chi connectivity index (χ3n) is 2.48. The Morgan fingerprint density at radius 2 is 1.67 bits per heavy atom. The number of rotatable bonds is 2. The predicted octanol–water partition coefficient (Wildman–Crippen LogP) is 2.86. The van der Waals surface area contributed by atoms with Gasteiger partial charge in [0.25, 0.3) is 0 Å². The first-order chi connectivity index (χ1) is 8.85. The average Bonchev–Trinajstić information content (AvgIpc) is 2.41. The van der Waals surface area contributed by atoms with Gasteiger partial charge in [0.1, 0.15) is 0 Å². The number of ether oxygens (including phenoxy) is 1. The Balaban J connectivity index is 0.000000321. The number of hydrogen-bond acceptors (Lipinski definition) is 1. The molecule has 1 saturated heterocycles. The molecule has 1 heteroatoms. The van der Waals surface area contributed by atoms with Crippen LogP contribution in [0.4, 0.5) is 0 Å². The summed E-state index contributed by atoms with van der Waals surface area (Å²) in [7, 11) is 0. The zero-order chi connectivity index (χ0) is 13.5. The lowest BCUT2D eigenvalue weighted by Crippen LogP contribution is -2.14. The van der Waals surface area contributed by atoms with Gasteiger partial charge in [0, 0.05) is 13.2 Å². The van der Waals surface area contributed by atoms with Gasteiger partial charge in [-0.15, -0.1) is 6.42 Å². The van der Waals surface area contributed by atoms with Gasteiger partial charge in [-0.1, -0.05) is 25.7 Å². The molecule has 0 N–H and O–H groups in total. The Hall–Kier alpha value is -1.80. The molecule has 0 radical (unpaired) electrons. The van der Waals surface area contributed by atoms with Crippen LogP contribution in [-0.4, -0.2) is 13.2 Å². The SMILES string of the molecule is C#CC#CC#CC#CC.CCCC1CCOCC1. The summed E-state index contributed by atoms with van der Waals surface area (Å²) in [5.74, 6) is 17.9. The summed E-state index contributed by atoms with van der Waals surface area (Å²) >= 11 is 0. The summed E-state index contributed by atoms with van der Waals surface area (Å²) in [6, 6.07) is 0. The molecule has 0 atom stereocenters. The lowest BCUT2D eigenvalue weighted by Gasteiger charge is -2.20. The van der Waals surface area contributed by atoms with E-state index in [9.17, 15) is 0 Å². The Morgan fingerprint density at radius 3 is 2.22 bits per heavy atom. The first-order valence-electron chi connectivity index (χ1n) is 6.30. The molecule has 1 rings (SSSR count). The van der Waals surface area contributed by atoms with Gasteiger partial charge in [-0.3, -0.25) is 0 Å². The second-order valence-corrected chi connectivity index (χ2v) is 3.86. The highest BCUT2D eigenvalue weighted by Crippen LogP contribution is 2.19. The van der Waals surface area contributed by atoms with Gasteiger partial charge in [-0.05, 0) is 61.2 Å². The van der Waals surface area contributed by atoms with Gasteiger partial charge < -0.3 is 4.74 Å². The Kier molecular flexibility index (Phi) is 11.9. The van der Waals surface area contributed by atoms with Gasteiger partial charge in [-0.2, -0.15) is 0 Å². The van der Waals surface area contributed by atoms with Crippen LogP contribution in [0.1, 0.15) is 39.5 Å². The monoisotopic (exact) mass is 240 g/mol. The fraction of sp³-hybridized carbons (Fsp3) is 0.529. The van der Waals surface area contributed by atoms with Crippen LogP contribution in [0.2, 0.25) is 0 Å². The van der Waals surface area contributed by atoms with Crippen molar-refractivity contribution in [2.75, 3.05) is 13.2 Å². The van der Waals surface area contributed by atoms with E-state index in [1.165, 1.54) is 25.7 Å². The summed E-state index contributed by atoms with van der Waals surface area (Å²) in [6.07, 6.45) is 10.2. The maximum Gasteiger partial charge on any atom is 0.0468 e. The molecule has 1 aliphatic rings. The zero-order valence-corrected chi connectivity index (χ0v) is 11.3. The summed E-state index contributed by atoms with van der Waals surface area (Å²) in [5.41, 5.74) is 0. The molecule has 0 aliphatic carbocycles. The summed E-state index contributed by atoms with van der Waals surface area (Å²) in [5, 5.41) is 0. The normalized spacial score (nSPS) is 12.9. The van der Waals surface area contributed by atoms with Crippen LogP contribution < -0.4 is 0 Å². The Labute approximate surface area is 112 Å². The highest BCUT2D eigenvalue weighted by molar-refractivity contribution is 5.38. The average molecular weight is 240 g/mol. The molecule has 1 heterocycles. The molecule has 94 valence electrons. The van der Waals surface area contributed by atoms with E-state index in [1.807, 2.05) is 0 Å². The smallest absolute Gasteiger partial charge is 0.0468 e. The Bertz CT molecular complexity index is 411.